The molecule has 4 atom stereocenters. The summed E-state index contributed by atoms with van der Waals surface area (Å²) in [6, 6.07) is 0. The molecule has 1 rings (SSSR count). The molecular formula is C14H30O8P2. The molecule has 144 valence electrons. The van der Waals surface area contributed by atoms with E-state index in [1.54, 1.807) is 0 Å². The Morgan fingerprint density at radius 3 is 1.08 bits per heavy atom. The fraction of sp³-hybridized carbons (Fsp3) is 1.00. The molecule has 0 amide bonds. The van der Waals surface area contributed by atoms with Crippen molar-refractivity contribution < 1.29 is 36.3 Å². The van der Waals surface area contributed by atoms with Crippen molar-refractivity contribution in [2.45, 2.75) is 39.9 Å². The summed E-state index contributed by atoms with van der Waals surface area (Å²) in [6.45, 7) is 7.96. The normalized spacial score (nSPS) is 35.2. The van der Waals surface area contributed by atoms with E-state index in [2.05, 4.69) is 0 Å². The van der Waals surface area contributed by atoms with E-state index in [1.165, 1.54) is 28.4 Å². The predicted octanol–water partition coefficient (Wildman–Crippen LogP) is 4.12. The molecule has 1 aliphatic carbocycles. The Balaban J connectivity index is 3.10. The van der Waals surface area contributed by atoms with Gasteiger partial charge in [-0.05, 0) is 17.8 Å². The van der Waals surface area contributed by atoms with Crippen LogP contribution in [0.3, 0.4) is 0 Å². The van der Waals surface area contributed by atoms with Crippen molar-refractivity contribution in [3.8, 4) is 0 Å². The van der Waals surface area contributed by atoms with Gasteiger partial charge in [0.15, 0.2) is 0 Å². The summed E-state index contributed by atoms with van der Waals surface area (Å²) in [4.78, 5) is 0. The molecule has 10 heteroatoms. The molecule has 0 bridgehead atoms. The summed E-state index contributed by atoms with van der Waals surface area (Å²) in [5.41, 5.74) is 0. The average Bonchev–Trinajstić information content (AvgIpc) is 2.60. The van der Waals surface area contributed by atoms with E-state index in [0.717, 1.165) is 0 Å². The fourth-order valence-corrected chi connectivity index (χ4v) is 5.23. The quantitative estimate of drug-likeness (QED) is 0.574. The Hall–Kier alpha value is 0.220. The fourth-order valence-electron chi connectivity index (χ4n) is 3.23. The highest BCUT2D eigenvalue weighted by Crippen LogP contribution is 2.57. The topological polar surface area (TPSA) is 89.5 Å². The molecule has 0 radical (unpaired) electrons. The van der Waals surface area contributed by atoms with E-state index < -0.39 is 27.9 Å². The lowest BCUT2D eigenvalue weighted by Gasteiger charge is -2.47. The molecule has 0 N–H and O–H groups in total. The molecule has 0 aromatic carbocycles. The van der Waals surface area contributed by atoms with Crippen LogP contribution >= 0.6 is 15.6 Å². The van der Waals surface area contributed by atoms with Gasteiger partial charge in [-0.15, -0.1) is 0 Å². The lowest BCUT2D eigenvalue weighted by molar-refractivity contribution is -0.0961. The standard InChI is InChI=1S/C14H30O8P2/c1-9-10(2)13(21-23(15,17-5)18-6)12(4)14(11(9)3)22-24(16,19-7)20-8/h9-14H,1-8H3/t9?,10-,11-,12?,13?,14?/m1/s1. The van der Waals surface area contributed by atoms with Gasteiger partial charge in [-0.3, -0.25) is 27.1 Å². The van der Waals surface area contributed by atoms with Crippen LogP contribution in [0.1, 0.15) is 27.7 Å². The SMILES string of the molecule is COP(=O)(OC)OC1C(C)C(OP(=O)(OC)OC)[C@H](C)C(C)[C@H]1C. The first-order valence-corrected chi connectivity index (χ1v) is 10.8. The minimum atomic E-state index is -3.65. The van der Waals surface area contributed by atoms with Crippen LogP contribution in [0.25, 0.3) is 0 Å². The van der Waals surface area contributed by atoms with Crippen LogP contribution in [0.15, 0.2) is 0 Å². The molecule has 0 aliphatic heterocycles. The van der Waals surface area contributed by atoms with Gasteiger partial charge < -0.3 is 0 Å². The third kappa shape index (κ3) is 4.68. The molecule has 0 heterocycles. The van der Waals surface area contributed by atoms with Gasteiger partial charge in [-0.1, -0.05) is 27.7 Å². The Labute approximate surface area is 144 Å². The molecule has 24 heavy (non-hydrogen) atoms. The summed E-state index contributed by atoms with van der Waals surface area (Å²) >= 11 is 0. The molecule has 1 aliphatic rings. The Kier molecular flexibility index (Phi) is 8.11. The van der Waals surface area contributed by atoms with E-state index in [9.17, 15) is 9.13 Å². The highest BCUT2D eigenvalue weighted by molar-refractivity contribution is 7.48. The molecule has 1 fully saturated rings. The van der Waals surface area contributed by atoms with Crippen molar-refractivity contribution in [3.05, 3.63) is 0 Å². The molecule has 8 nitrogen and oxygen atoms in total. The predicted molar refractivity (Wildman–Crippen MR) is 89.7 cm³/mol. The van der Waals surface area contributed by atoms with Crippen molar-refractivity contribution in [1.82, 2.24) is 0 Å². The lowest BCUT2D eigenvalue weighted by atomic mass is 9.67. The van der Waals surface area contributed by atoms with Crippen LogP contribution in [0.5, 0.6) is 0 Å². The zero-order chi connectivity index (χ0) is 18.7. The first kappa shape index (κ1) is 22.3. The number of hydrogen-bond donors (Lipinski definition) is 0. The van der Waals surface area contributed by atoms with E-state index in [0.29, 0.717) is 0 Å². The van der Waals surface area contributed by atoms with Gasteiger partial charge in [-0.2, -0.15) is 0 Å². The summed E-state index contributed by atoms with van der Waals surface area (Å²) in [7, 11) is -2.22. The third-order valence-corrected chi connectivity index (χ3v) is 7.92. The first-order chi connectivity index (χ1) is 11.1. The van der Waals surface area contributed by atoms with Gasteiger partial charge in [-0.25, -0.2) is 9.13 Å². The van der Waals surface area contributed by atoms with Gasteiger partial charge in [0.05, 0.1) is 12.2 Å². The van der Waals surface area contributed by atoms with Crippen LogP contribution < -0.4 is 0 Å². The lowest BCUT2D eigenvalue weighted by Crippen LogP contribution is -2.50. The van der Waals surface area contributed by atoms with Crippen LogP contribution in [-0.2, 0) is 36.3 Å². The smallest absolute Gasteiger partial charge is 0.290 e. The van der Waals surface area contributed by atoms with Gasteiger partial charge in [0.25, 0.3) is 0 Å². The minimum Gasteiger partial charge on any atom is -0.290 e. The molecular weight excluding hydrogens is 358 g/mol. The second-order valence-electron chi connectivity index (χ2n) is 6.20. The summed E-state index contributed by atoms with van der Waals surface area (Å²) < 4.78 is 55.7. The van der Waals surface area contributed by atoms with Crippen molar-refractivity contribution in [3.63, 3.8) is 0 Å². The maximum atomic E-state index is 12.4. The Morgan fingerprint density at radius 2 is 0.833 bits per heavy atom. The average molecular weight is 388 g/mol. The molecule has 0 aromatic heterocycles. The molecule has 0 saturated heterocycles. The Morgan fingerprint density at radius 1 is 0.542 bits per heavy atom. The number of hydrogen-bond acceptors (Lipinski definition) is 8. The van der Waals surface area contributed by atoms with Gasteiger partial charge in [0.1, 0.15) is 0 Å². The maximum Gasteiger partial charge on any atom is 0.474 e. The molecule has 0 spiro atoms. The van der Waals surface area contributed by atoms with Crippen molar-refractivity contribution in [1.29, 1.82) is 0 Å². The zero-order valence-electron chi connectivity index (χ0n) is 15.6. The van der Waals surface area contributed by atoms with E-state index >= 15 is 0 Å². The van der Waals surface area contributed by atoms with Crippen molar-refractivity contribution >= 4 is 15.6 Å². The Bertz CT molecular complexity index is 441. The molecule has 1 saturated carbocycles. The minimum absolute atomic E-state index is 0.0675. The second kappa shape index (κ2) is 8.74. The van der Waals surface area contributed by atoms with Crippen molar-refractivity contribution in [2.75, 3.05) is 28.4 Å². The first-order valence-electron chi connectivity index (χ1n) is 7.87. The van der Waals surface area contributed by atoms with Gasteiger partial charge in [0, 0.05) is 34.4 Å². The van der Waals surface area contributed by atoms with E-state index in [-0.39, 0.29) is 23.7 Å². The highest BCUT2D eigenvalue weighted by Gasteiger charge is 2.49. The number of phosphoric acid groups is 2. The van der Waals surface area contributed by atoms with Gasteiger partial charge in [0.2, 0.25) is 0 Å². The summed E-state index contributed by atoms with van der Waals surface area (Å²) in [5.74, 6) is 0.0554. The van der Waals surface area contributed by atoms with Crippen LogP contribution in [-0.4, -0.2) is 40.6 Å². The largest absolute Gasteiger partial charge is 0.474 e. The van der Waals surface area contributed by atoms with Crippen LogP contribution in [0.2, 0.25) is 0 Å². The zero-order valence-corrected chi connectivity index (χ0v) is 17.4. The summed E-state index contributed by atoms with van der Waals surface area (Å²) in [5, 5.41) is 0. The molecule has 0 aromatic rings. The van der Waals surface area contributed by atoms with Crippen LogP contribution in [0.4, 0.5) is 0 Å². The monoisotopic (exact) mass is 388 g/mol. The third-order valence-electron chi connectivity index (χ3n) is 5.13. The maximum absolute atomic E-state index is 12.4. The van der Waals surface area contributed by atoms with E-state index in [4.69, 9.17) is 27.1 Å². The summed E-state index contributed by atoms with van der Waals surface area (Å²) in [6.07, 6.45) is -0.928. The van der Waals surface area contributed by atoms with Crippen LogP contribution in [0, 0.1) is 23.7 Å². The number of phosphoric ester groups is 2. The second-order valence-corrected chi connectivity index (χ2v) is 9.87. The number of rotatable bonds is 8. The van der Waals surface area contributed by atoms with Gasteiger partial charge >= 0.3 is 15.6 Å². The van der Waals surface area contributed by atoms with Crippen molar-refractivity contribution in [2.24, 2.45) is 23.7 Å². The van der Waals surface area contributed by atoms with E-state index in [1.807, 2.05) is 27.7 Å². The highest BCUT2D eigenvalue weighted by atomic mass is 31.2. The molecule has 2 unspecified atom stereocenters.